The van der Waals surface area contributed by atoms with Crippen LogP contribution in [0.2, 0.25) is 0 Å². The summed E-state index contributed by atoms with van der Waals surface area (Å²) in [6, 6.07) is 17.6. The Bertz CT molecular complexity index is 732. The SMILES string of the molecule is CCNC(=NCc1cccc(C#N)c1)NCCOc1ccc(C)cc1. The molecule has 0 aliphatic rings. The molecule has 0 heterocycles. The Hall–Kier alpha value is -3.00. The highest BCUT2D eigenvalue weighted by Crippen LogP contribution is 2.10. The molecular formula is C20H24N4O. The largest absolute Gasteiger partial charge is 0.492 e. The van der Waals surface area contributed by atoms with Crippen molar-refractivity contribution in [2.75, 3.05) is 19.7 Å². The Kier molecular flexibility index (Phi) is 7.33. The number of nitrogens with one attached hydrogen (secondary N) is 2. The lowest BCUT2D eigenvalue weighted by molar-refractivity contribution is 0.322. The van der Waals surface area contributed by atoms with E-state index in [1.165, 1.54) is 5.56 Å². The summed E-state index contributed by atoms with van der Waals surface area (Å²) in [6.45, 7) is 6.58. The van der Waals surface area contributed by atoms with E-state index in [0.29, 0.717) is 25.3 Å². The summed E-state index contributed by atoms with van der Waals surface area (Å²) in [4.78, 5) is 4.54. The van der Waals surface area contributed by atoms with Gasteiger partial charge in [0.2, 0.25) is 0 Å². The minimum atomic E-state index is 0.518. The molecule has 0 spiro atoms. The number of ether oxygens (including phenoxy) is 1. The van der Waals surface area contributed by atoms with Crippen molar-refractivity contribution in [3.63, 3.8) is 0 Å². The highest BCUT2D eigenvalue weighted by Gasteiger charge is 1.99. The van der Waals surface area contributed by atoms with Gasteiger partial charge in [0.25, 0.3) is 0 Å². The average Bonchev–Trinajstić information content (AvgIpc) is 2.64. The first-order chi connectivity index (χ1) is 12.2. The number of hydrogen-bond donors (Lipinski definition) is 2. The number of guanidine groups is 1. The molecule has 25 heavy (non-hydrogen) atoms. The topological polar surface area (TPSA) is 69.4 Å². The summed E-state index contributed by atoms with van der Waals surface area (Å²) in [7, 11) is 0. The van der Waals surface area contributed by atoms with Crippen LogP contribution >= 0.6 is 0 Å². The van der Waals surface area contributed by atoms with Gasteiger partial charge >= 0.3 is 0 Å². The molecule has 0 saturated carbocycles. The molecule has 0 atom stereocenters. The monoisotopic (exact) mass is 336 g/mol. The van der Waals surface area contributed by atoms with Gasteiger partial charge in [-0.1, -0.05) is 29.8 Å². The molecule has 2 N–H and O–H groups in total. The lowest BCUT2D eigenvalue weighted by Crippen LogP contribution is -2.39. The van der Waals surface area contributed by atoms with Crippen molar-refractivity contribution in [2.24, 2.45) is 4.99 Å². The van der Waals surface area contributed by atoms with Crippen molar-refractivity contribution in [1.29, 1.82) is 5.26 Å². The number of nitrogens with zero attached hydrogens (tertiary/aromatic N) is 2. The van der Waals surface area contributed by atoms with Crippen molar-refractivity contribution in [3.05, 3.63) is 65.2 Å². The molecule has 0 saturated heterocycles. The quantitative estimate of drug-likeness (QED) is 0.463. The molecule has 5 nitrogen and oxygen atoms in total. The zero-order chi connectivity index (χ0) is 17.9. The molecule has 2 rings (SSSR count). The van der Waals surface area contributed by atoms with Gasteiger partial charge in [0.15, 0.2) is 5.96 Å². The predicted octanol–water partition coefficient (Wildman–Crippen LogP) is 3.00. The van der Waals surface area contributed by atoms with E-state index in [9.17, 15) is 0 Å². The summed E-state index contributed by atoms with van der Waals surface area (Å²) >= 11 is 0. The van der Waals surface area contributed by atoms with Crippen molar-refractivity contribution in [1.82, 2.24) is 10.6 Å². The first-order valence-corrected chi connectivity index (χ1v) is 8.42. The van der Waals surface area contributed by atoms with Crippen LogP contribution in [0.3, 0.4) is 0 Å². The number of aliphatic imine (C=N–C) groups is 1. The predicted molar refractivity (Wildman–Crippen MR) is 101 cm³/mol. The van der Waals surface area contributed by atoms with E-state index < -0.39 is 0 Å². The summed E-state index contributed by atoms with van der Waals surface area (Å²) in [5.74, 6) is 1.60. The van der Waals surface area contributed by atoms with Crippen molar-refractivity contribution < 1.29 is 4.74 Å². The second-order valence-electron chi connectivity index (χ2n) is 5.60. The van der Waals surface area contributed by atoms with Gasteiger partial charge in [-0.3, -0.25) is 0 Å². The Balaban J connectivity index is 1.82. The number of hydrogen-bond acceptors (Lipinski definition) is 3. The normalized spacial score (nSPS) is 10.8. The summed E-state index contributed by atoms with van der Waals surface area (Å²) in [5.41, 5.74) is 2.87. The second-order valence-corrected chi connectivity index (χ2v) is 5.60. The molecule has 0 aliphatic carbocycles. The minimum absolute atomic E-state index is 0.518. The zero-order valence-corrected chi connectivity index (χ0v) is 14.7. The molecule has 0 aliphatic heterocycles. The highest BCUT2D eigenvalue weighted by atomic mass is 16.5. The Labute approximate surface area is 149 Å². The van der Waals surface area contributed by atoms with Crippen LogP contribution in [0.5, 0.6) is 5.75 Å². The summed E-state index contributed by atoms with van der Waals surface area (Å²) in [6.07, 6.45) is 0. The zero-order valence-electron chi connectivity index (χ0n) is 14.7. The minimum Gasteiger partial charge on any atom is -0.492 e. The van der Waals surface area contributed by atoms with Gasteiger partial charge < -0.3 is 15.4 Å². The first-order valence-electron chi connectivity index (χ1n) is 8.42. The van der Waals surface area contributed by atoms with Crippen molar-refractivity contribution in [2.45, 2.75) is 20.4 Å². The number of aryl methyl sites for hydroxylation is 1. The lowest BCUT2D eigenvalue weighted by atomic mass is 10.1. The fourth-order valence-corrected chi connectivity index (χ4v) is 2.22. The van der Waals surface area contributed by atoms with Gasteiger partial charge in [0.1, 0.15) is 12.4 Å². The Morgan fingerprint density at radius 2 is 1.96 bits per heavy atom. The molecular weight excluding hydrogens is 312 g/mol. The van der Waals surface area contributed by atoms with Crippen LogP contribution in [0, 0.1) is 18.3 Å². The van der Waals surface area contributed by atoms with E-state index in [2.05, 4.69) is 28.6 Å². The van der Waals surface area contributed by atoms with E-state index in [1.54, 1.807) is 6.07 Å². The van der Waals surface area contributed by atoms with E-state index in [1.807, 2.05) is 49.4 Å². The molecule has 0 radical (unpaired) electrons. The van der Waals surface area contributed by atoms with Crippen molar-refractivity contribution in [3.8, 4) is 11.8 Å². The molecule has 0 bridgehead atoms. The number of rotatable bonds is 7. The third kappa shape index (κ3) is 6.56. The van der Waals surface area contributed by atoms with E-state index >= 15 is 0 Å². The van der Waals surface area contributed by atoms with Gasteiger partial charge in [0, 0.05) is 6.54 Å². The van der Waals surface area contributed by atoms with Crippen LogP contribution in [0.1, 0.15) is 23.6 Å². The molecule has 0 aromatic heterocycles. The van der Waals surface area contributed by atoms with Crippen LogP contribution < -0.4 is 15.4 Å². The maximum Gasteiger partial charge on any atom is 0.191 e. The third-order valence-electron chi connectivity index (χ3n) is 3.50. The van der Waals surface area contributed by atoms with Gasteiger partial charge in [0.05, 0.1) is 24.7 Å². The smallest absolute Gasteiger partial charge is 0.191 e. The standard InChI is InChI=1S/C20H24N4O/c1-3-22-20(24-15-18-6-4-5-17(13-18)14-21)23-11-12-25-19-9-7-16(2)8-10-19/h4-10,13H,3,11-12,15H2,1-2H3,(H2,22,23,24). The third-order valence-corrected chi connectivity index (χ3v) is 3.50. The summed E-state index contributed by atoms with van der Waals surface area (Å²) in [5, 5.41) is 15.4. The average molecular weight is 336 g/mol. The van der Waals surface area contributed by atoms with E-state index in [-0.39, 0.29) is 0 Å². The highest BCUT2D eigenvalue weighted by molar-refractivity contribution is 5.79. The molecule has 130 valence electrons. The van der Waals surface area contributed by atoms with Gasteiger partial charge in [-0.15, -0.1) is 0 Å². The van der Waals surface area contributed by atoms with Gasteiger partial charge in [-0.2, -0.15) is 5.26 Å². The van der Waals surface area contributed by atoms with E-state index in [0.717, 1.165) is 23.8 Å². The molecule has 0 unspecified atom stereocenters. The van der Waals surface area contributed by atoms with Crippen LogP contribution in [0.15, 0.2) is 53.5 Å². The van der Waals surface area contributed by atoms with Crippen LogP contribution in [-0.2, 0) is 6.54 Å². The molecule has 2 aromatic rings. The van der Waals surface area contributed by atoms with E-state index in [4.69, 9.17) is 10.00 Å². The fraction of sp³-hybridized carbons (Fsp3) is 0.300. The van der Waals surface area contributed by atoms with Gasteiger partial charge in [-0.05, 0) is 43.7 Å². The maximum absolute atomic E-state index is 8.95. The maximum atomic E-state index is 8.95. The van der Waals surface area contributed by atoms with Gasteiger partial charge in [-0.25, -0.2) is 4.99 Å². The number of nitriles is 1. The molecule has 2 aromatic carbocycles. The summed E-state index contributed by atoms with van der Waals surface area (Å²) < 4.78 is 5.70. The molecule has 0 fully saturated rings. The first kappa shape index (κ1) is 18.3. The van der Waals surface area contributed by atoms with Crippen LogP contribution in [0.25, 0.3) is 0 Å². The van der Waals surface area contributed by atoms with Crippen LogP contribution in [0.4, 0.5) is 0 Å². The van der Waals surface area contributed by atoms with Crippen LogP contribution in [-0.4, -0.2) is 25.7 Å². The lowest BCUT2D eigenvalue weighted by Gasteiger charge is -2.12. The fourth-order valence-electron chi connectivity index (χ4n) is 2.22. The second kappa shape index (κ2) is 9.99. The molecule has 0 amide bonds. The number of benzene rings is 2. The Morgan fingerprint density at radius 3 is 2.68 bits per heavy atom. The Morgan fingerprint density at radius 1 is 1.16 bits per heavy atom. The van der Waals surface area contributed by atoms with Crippen molar-refractivity contribution >= 4 is 5.96 Å². The molecule has 5 heteroatoms.